The number of nitrogens with zero attached hydrogens (tertiary/aromatic N) is 5. The minimum atomic E-state index is -1.04. The number of urea groups is 1. The summed E-state index contributed by atoms with van der Waals surface area (Å²) in [7, 11) is 0. The van der Waals surface area contributed by atoms with Gasteiger partial charge in [0, 0.05) is 55.6 Å². The first kappa shape index (κ1) is 38.1. The van der Waals surface area contributed by atoms with Crippen LogP contribution in [0.25, 0.3) is 0 Å². The Kier molecular flexibility index (Phi) is 12.1. The van der Waals surface area contributed by atoms with Crippen LogP contribution < -0.4 is 26.2 Å². The molecule has 0 radical (unpaired) electrons. The van der Waals surface area contributed by atoms with E-state index in [4.69, 9.17) is 9.94 Å². The SMILES string of the molecule is CCCCN(Cc1ccc(C(=O)NO)cc1)C(=O)Nc1ccc(OCCn2cc(CCNc3cccc4c3C(=O)N(C3CCC(=O)NC3=O)C4=O)nn2)cc1. The van der Waals surface area contributed by atoms with Gasteiger partial charge in [-0.1, -0.05) is 36.8 Å². The molecule has 286 valence electrons. The Morgan fingerprint density at radius 3 is 2.53 bits per heavy atom. The van der Waals surface area contributed by atoms with E-state index in [0.717, 1.165) is 23.3 Å². The number of benzene rings is 3. The second-order valence-corrected chi connectivity index (χ2v) is 13.0. The van der Waals surface area contributed by atoms with Crippen molar-refractivity contribution in [3.63, 3.8) is 0 Å². The van der Waals surface area contributed by atoms with E-state index in [2.05, 4.69) is 26.3 Å². The highest BCUT2D eigenvalue weighted by Gasteiger charge is 2.45. The summed E-state index contributed by atoms with van der Waals surface area (Å²) >= 11 is 0. The molecule has 1 saturated heterocycles. The topological polar surface area (TPSA) is 217 Å². The van der Waals surface area contributed by atoms with Crippen molar-refractivity contribution < 1.29 is 38.7 Å². The smallest absolute Gasteiger partial charge is 0.322 e. The van der Waals surface area contributed by atoms with Crippen molar-refractivity contribution in [3.8, 4) is 5.75 Å². The van der Waals surface area contributed by atoms with Crippen molar-refractivity contribution in [1.82, 2.24) is 35.6 Å². The molecular formula is C38H41N9O8. The maximum Gasteiger partial charge on any atom is 0.322 e. The van der Waals surface area contributed by atoms with Gasteiger partial charge in [-0.25, -0.2) is 15.0 Å². The molecule has 3 heterocycles. The number of fused-ring (bicyclic) bond motifs is 1. The molecule has 7 amide bonds. The Bertz CT molecular complexity index is 2070. The number of nitrogens with one attached hydrogen (secondary N) is 4. The van der Waals surface area contributed by atoms with Gasteiger partial charge in [-0.3, -0.25) is 39.4 Å². The third-order valence-electron chi connectivity index (χ3n) is 9.21. The van der Waals surface area contributed by atoms with Crippen molar-refractivity contribution >= 4 is 46.9 Å². The number of anilines is 2. The highest BCUT2D eigenvalue weighted by atomic mass is 16.5. The predicted octanol–water partition coefficient (Wildman–Crippen LogP) is 3.37. The van der Waals surface area contributed by atoms with Gasteiger partial charge in [0.05, 0.1) is 23.4 Å². The summed E-state index contributed by atoms with van der Waals surface area (Å²) in [5, 5.41) is 25.6. The molecule has 1 fully saturated rings. The summed E-state index contributed by atoms with van der Waals surface area (Å²) in [6.45, 7) is 4.08. The summed E-state index contributed by atoms with van der Waals surface area (Å²) in [6.07, 6.45) is 4.14. The molecule has 0 bridgehead atoms. The first-order valence-corrected chi connectivity index (χ1v) is 17.9. The number of unbranched alkanes of at least 4 members (excludes halogenated alkanes) is 1. The van der Waals surface area contributed by atoms with Gasteiger partial charge in [0.25, 0.3) is 17.7 Å². The molecule has 55 heavy (non-hydrogen) atoms. The molecule has 2 aliphatic rings. The van der Waals surface area contributed by atoms with E-state index in [-0.39, 0.29) is 30.0 Å². The average molecular weight is 752 g/mol. The lowest BCUT2D eigenvalue weighted by Crippen LogP contribution is -2.54. The Morgan fingerprint density at radius 1 is 1.02 bits per heavy atom. The van der Waals surface area contributed by atoms with Gasteiger partial charge in [-0.15, -0.1) is 5.10 Å². The molecule has 17 nitrogen and oxygen atoms in total. The number of hydrogen-bond donors (Lipinski definition) is 5. The zero-order valence-corrected chi connectivity index (χ0v) is 30.1. The van der Waals surface area contributed by atoms with E-state index in [1.165, 1.54) is 0 Å². The van der Waals surface area contributed by atoms with Crippen LogP contribution >= 0.6 is 0 Å². The van der Waals surface area contributed by atoms with Gasteiger partial charge in [0.15, 0.2) is 0 Å². The van der Waals surface area contributed by atoms with Crippen LogP contribution in [-0.2, 0) is 29.1 Å². The molecule has 1 unspecified atom stereocenters. The van der Waals surface area contributed by atoms with Crippen molar-refractivity contribution in [3.05, 3.63) is 101 Å². The van der Waals surface area contributed by atoms with Gasteiger partial charge in [-0.05, 0) is 66.9 Å². The number of hydrogen-bond acceptors (Lipinski definition) is 11. The van der Waals surface area contributed by atoms with Crippen LogP contribution in [0.15, 0.2) is 72.9 Å². The maximum absolute atomic E-state index is 13.3. The fourth-order valence-corrected chi connectivity index (χ4v) is 6.29. The lowest BCUT2D eigenvalue weighted by atomic mass is 10.0. The standard InChI is InChI=1S/C38H41N9O8/c1-2-3-19-45(22-24-7-9-25(10-8-24)34(49)43-54)38(53)40-26-11-13-28(14-12-26)55-21-20-46-23-27(42-44-46)17-18-39-30-6-4-5-29-33(30)37(52)47(36(29)51)31-15-16-32(48)41-35(31)50/h4-14,23,31,39,54H,2-3,15-22H2,1H3,(H,40,53)(H,43,49)(H,41,48,50). The van der Waals surface area contributed by atoms with Gasteiger partial charge < -0.3 is 20.3 Å². The molecule has 17 heteroatoms. The molecule has 5 N–H and O–H groups in total. The molecule has 1 aromatic heterocycles. The average Bonchev–Trinajstić information content (AvgIpc) is 3.74. The Balaban J connectivity index is 0.951. The number of ether oxygens (including phenoxy) is 1. The normalized spacial score (nSPS) is 15.0. The van der Waals surface area contributed by atoms with Gasteiger partial charge in [0.2, 0.25) is 11.8 Å². The van der Waals surface area contributed by atoms with Crippen LogP contribution in [0.2, 0.25) is 0 Å². The lowest BCUT2D eigenvalue weighted by molar-refractivity contribution is -0.136. The molecule has 2 aliphatic heterocycles. The summed E-state index contributed by atoms with van der Waals surface area (Å²) in [4.78, 5) is 77.8. The summed E-state index contributed by atoms with van der Waals surface area (Å²) in [6, 6.07) is 17.3. The number of carbonyl (C=O) groups excluding carboxylic acids is 6. The van der Waals surface area contributed by atoms with E-state index in [1.54, 1.807) is 88.0 Å². The van der Waals surface area contributed by atoms with Crippen LogP contribution in [0.4, 0.5) is 16.2 Å². The first-order valence-electron chi connectivity index (χ1n) is 17.9. The highest BCUT2D eigenvalue weighted by molar-refractivity contribution is 6.25. The number of carbonyl (C=O) groups is 6. The fourth-order valence-electron chi connectivity index (χ4n) is 6.29. The minimum Gasteiger partial charge on any atom is -0.492 e. The molecule has 0 saturated carbocycles. The van der Waals surface area contributed by atoms with Crippen LogP contribution in [0.5, 0.6) is 5.75 Å². The largest absolute Gasteiger partial charge is 0.492 e. The molecule has 1 atom stereocenters. The zero-order chi connectivity index (χ0) is 38.9. The number of aromatic nitrogens is 3. The predicted molar refractivity (Wildman–Crippen MR) is 197 cm³/mol. The van der Waals surface area contributed by atoms with E-state index in [0.29, 0.717) is 67.6 Å². The fraction of sp³-hybridized carbons (Fsp3) is 0.316. The van der Waals surface area contributed by atoms with E-state index in [1.807, 2.05) is 6.92 Å². The second-order valence-electron chi connectivity index (χ2n) is 13.0. The van der Waals surface area contributed by atoms with Crippen LogP contribution in [0, 0.1) is 0 Å². The molecule has 4 aromatic rings. The quantitative estimate of drug-likeness (QED) is 0.0635. The van der Waals surface area contributed by atoms with Crippen molar-refractivity contribution in [1.29, 1.82) is 0 Å². The molecule has 3 aromatic carbocycles. The van der Waals surface area contributed by atoms with Crippen LogP contribution in [-0.4, -0.2) is 91.3 Å². The van der Waals surface area contributed by atoms with E-state index < -0.39 is 35.6 Å². The van der Waals surface area contributed by atoms with Gasteiger partial charge in [0.1, 0.15) is 18.4 Å². The third-order valence-corrected chi connectivity index (χ3v) is 9.21. The number of rotatable bonds is 16. The minimum absolute atomic E-state index is 0.0481. The third kappa shape index (κ3) is 9.13. The summed E-state index contributed by atoms with van der Waals surface area (Å²) in [5.74, 6) is -2.23. The summed E-state index contributed by atoms with van der Waals surface area (Å²) < 4.78 is 7.54. The van der Waals surface area contributed by atoms with Crippen molar-refractivity contribution in [2.45, 2.75) is 58.2 Å². The Labute approximate surface area is 316 Å². The number of piperidine rings is 1. The highest BCUT2D eigenvalue weighted by Crippen LogP contribution is 2.32. The number of hydroxylamine groups is 1. The van der Waals surface area contributed by atoms with Gasteiger partial charge >= 0.3 is 6.03 Å². The monoisotopic (exact) mass is 751 g/mol. The maximum atomic E-state index is 13.3. The molecule has 0 aliphatic carbocycles. The molecule has 6 rings (SSSR count). The number of imide groups is 2. The van der Waals surface area contributed by atoms with Crippen LogP contribution in [0.3, 0.4) is 0 Å². The van der Waals surface area contributed by atoms with E-state index >= 15 is 0 Å². The summed E-state index contributed by atoms with van der Waals surface area (Å²) in [5.41, 5.74) is 4.92. The Morgan fingerprint density at radius 2 is 1.80 bits per heavy atom. The Hall–Kier alpha value is -6.62. The van der Waals surface area contributed by atoms with Crippen LogP contribution in [0.1, 0.15) is 74.9 Å². The van der Waals surface area contributed by atoms with Crippen molar-refractivity contribution in [2.24, 2.45) is 0 Å². The molecule has 0 spiro atoms. The van der Waals surface area contributed by atoms with Crippen molar-refractivity contribution in [2.75, 3.05) is 30.3 Å². The second kappa shape index (κ2) is 17.5. The van der Waals surface area contributed by atoms with Gasteiger partial charge in [-0.2, -0.15) is 0 Å². The lowest BCUT2D eigenvalue weighted by Gasteiger charge is -2.27. The number of amides is 7. The van der Waals surface area contributed by atoms with E-state index in [9.17, 15) is 28.8 Å². The zero-order valence-electron chi connectivity index (χ0n) is 30.1. The molecular weight excluding hydrogens is 710 g/mol. The first-order chi connectivity index (χ1) is 26.6.